The standard InChI is InChI=1S/C22H24FNO5/c23-17-13-16(8-9-18(17)25)20(27)24-12-10-19(26)22(14-24,21(28)29)11-4-7-15-5-2-1-3-6-15/h1-3,5-6,8-9,13,19,25-26H,4,7,10-12,14H2,(H,28,29)/t19-,22+/m0/s1. The van der Waals surface area contributed by atoms with Crippen LogP contribution < -0.4 is 0 Å². The number of amides is 1. The molecule has 1 amide bonds. The van der Waals surface area contributed by atoms with Crippen LogP contribution >= 0.6 is 0 Å². The van der Waals surface area contributed by atoms with E-state index in [4.69, 9.17) is 0 Å². The Bertz CT molecular complexity index is 888. The number of hydrogen-bond donors (Lipinski definition) is 3. The third-order valence-electron chi connectivity index (χ3n) is 5.62. The van der Waals surface area contributed by atoms with Gasteiger partial charge in [-0.05, 0) is 49.4 Å². The lowest BCUT2D eigenvalue weighted by Crippen LogP contribution is -2.57. The Morgan fingerprint density at radius 3 is 2.55 bits per heavy atom. The van der Waals surface area contributed by atoms with Gasteiger partial charge in [-0.1, -0.05) is 30.3 Å². The Labute approximate surface area is 168 Å². The van der Waals surface area contributed by atoms with E-state index in [1.165, 1.54) is 11.0 Å². The number of phenolic OH excluding ortho intramolecular Hbond substituents is 1. The van der Waals surface area contributed by atoms with Crippen molar-refractivity contribution in [3.05, 3.63) is 65.5 Å². The lowest BCUT2D eigenvalue weighted by Gasteiger charge is -2.43. The summed E-state index contributed by atoms with van der Waals surface area (Å²) in [5.41, 5.74) is -0.371. The van der Waals surface area contributed by atoms with Gasteiger partial charge in [0.25, 0.3) is 5.91 Å². The average molecular weight is 401 g/mol. The molecule has 0 bridgehead atoms. The Kier molecular flexibility index (Phi) is 6.17. The second-order valence-electron chi connectivity index (χ2n) is 7.50. The molecule has 3 N–H and O–H groups in total. The monoisotopic (exact) mass is 401 g/mol. The predicted molar refractivity (Wildman–Crippen MR) is 104 cm³/mol. The number of likely N-dealkylation sites (tertiary alicyclic amines) is 1. The van der Waals surface area contributed by atoms with Crippen LogP contribution in [0.4, 0.5) is 4.39 Å². The average Bonchev–Trinajstić information content (AvgIpc) is 2.71. The van der Waals surface area contributed by atoms with Gasteiger partial charge in [0.05, 0.1) is 6.10 Å². The molecule has 2 aromatic carbocycles. The molecule has 0 unspecified atom stereocenters. The molecule has 0 saturated carbocycles. The number of aromatic hydroxyl groups is 1. The van der Waals surface area contributed by atoms with Crippen LogP contribution in [0.15, 0.2) is 48.5 Å². The number of phenols is 1. The number of aryl methyl sites for hydroxylation is 1. The van der Waals surface area contributed by atoms with E-state index >= 15 is 0 Å². The Morgan fingerprint density at radius 2 is 1.90 bits per heavy atom. The molecular formula is C22H24FNO5. The lowest BCUT2D eigenvalue weighted by atomic mass is 9.73. The van der Waals surface area contributed by atoms with Crippen LogP contribution in [0.5, 0.6) is 5.75 Å². The second kappa shape index (κ2) is 8.61. The first kappa shape index (κ1) is 20.8. The first-order valence-corrected chi connectivity index (χ1v) is 9.57. The number of benzene rings is 2. The fourth-order valence-electron chi connectivity index (χ4n) is 3.89. The van der Waals surface area contributed by atoms with E-state index in [1.54, 1.807) is 0 Å². The minimum absolute atomic E-state index is 0.0280. The van der Waals surface area contributed by atoms with E-state index < -0.39 is 35.0 Å². The van der Waals surface area contributed by atoms with Gasteiger partial charge in [0.15, 0.2) is 11.6 Å². The number of hydrogen-bond acceptors (Lipinski definition) is 4. The lowest BCUT2D eigenvalue weighted by molar-refractivity contribution is -0.162. The zero-order chi connectivity index (χ0) is 21.0. The molecule has 7 heteroatoms. The van der Waals surface area contributed by atoms with Gasteiger partial charge >= 0.3 is 5.97 Å². The van der Waals surface area contributed by atoms with Crippen molar-refractivity contribution in [1.82, 2.24) is 4.90 Å². The molecule has 0 radical (unpaired) electrons. The van der Waals surface area contributed by atoms with Crippen LogP contribution in [0.25, 0.3) is 0 Å². The van der Waals surface area contributed by atoms with Crippen LogP contribution in [-0.2, 0) is 11.2 Å². The van der Waals surface area contributed by atoms with Crippen molar-refractivity contribution in [1.29, 1.82) is 0 Å². The Hall–Kier alpha value is -2.93. The summed E-state index contributed by atoms with van der Waals surface area (Å²) in [5, 5.41) is 29.7. The number of halogens is 1. The predicted octanol–water partition coefficient (Wildman–Crippen LogP) is 2.83. The summed E-state index contributed by atoms with van der Waals surface area (Å²) in [7, 11) is 0. The summed E-state index contributed by atoms with van der Waals surface area (Å²) >= 11 is 0. The van der Waals surface area contributed by atoms with E-state index in [0.717, 1.165) is 17.7 Å². The van der Waals surface area contributed by atoms with Gasteiger partial charge in [-0.2, -0.15) is 0 Å². The van der Waals surface area contributed by atoms with Gasteiger partial charge in [-0.15, -0.1) is 0 Å². The van der Waals surface area contributed by atoms with E-state index in [9.17, 15) is 29.3 Å². The normalized spacial score (nSPS) is 21.7. The van der Waals surface area contributed by atoms with Crippen molar-refractivity contribution < 1.29 is 29.3 Å². The molecule has 2 atom stereocenters. The van der Waals surface area contributed by atoms with Crippen LogP contribution in [0.3, 0.4) is 0 Å². The minimum Gasteiger partial charge on any atom is -0.505 e. The largest absolute Gasteiger partial charge is 0.505 e. The molecule has 1 saturated heterocycles. The summed E-state index contributed by atoms with van der Waals surface area (Å²) in [4.78, 5) is 26.3. The summed E-state index contributed by atoms with van der Waals surface area (Å²) < 4.78 is 13.6. The van der Waals surface area contributed by atoms with Crippen molar-refractivity contribution in [2.24, 2.45) is 5.41 Å². The maximum Gasteiger partial charge on any atom is 0.314 e. The zero-order valence-electron chi connectivity index (χ0n) is 15.9. The maximum atomic E-state index is 13.6. The number of nitrogens with zero attached hydrogens (tertiary/aromatic N) is 1. The van der Waals surface area contributed by atoms with Crippen molar-refractivity contribution in [3.8, 4) is 5.75 Å². The van der Waals surface area contributed by atoms with Gasteiger partial charge in [0, 0.05) is 18.7 Å². The molecule has 3 rings (SSSR count). The highest BCUT2D eigenvalue weighted by atomic mass is 19.1. The van der Waals surface area contributed by atoms with Crippen molar-refractivity contribution >= 4 is 11.9 Å². The molecular weight excluding hydrogens is 377 g/mol. The van der Waals surface area contributed by atoms with Crippen LogP contribution in [0.2, 0.25) is 0 Å². The van der Waals surface area contributed by atoms with Gasteiger partial charge in [0.2, 0.25) is 0 Å². The highest BCUT2D eigenvalue weighted by Crippen LogP contribution is 2.36. The van der Waals surface area contributed by atoms with E-state index in [0.29, 0.717) is 12.8 Å². The minimum atomic E-state index is -1.47. The molecule has 0 spiro atoms. The molecule has 0 aliphatic carbocycles. The van der Waals surface area contributed by atoms with E-state index in [-0.39, 0.29) is 31.5 Å². The number of aliphatic carboxylic acids is 1. The molecule has 1 aliphatic heterocycles. The zero-order valence-corrected chi connectivity index (χ0v) is 15.9. The number of aliphatic hydroxyl groups is 1. The number of piperidine rings is 1. The van der Waals surface area contributed by atoms with Gasteiger partial charge in [-0.3, -0.25) is 9.59 Å². The topological polar surface area (TPSA) is 98.1 Å². The van der Waals surface area contributed by atoms with Gasteiger partial charge in [-0.25, -0.2) is 4.39 Å². The SMILES string of the molecule is O=C(c1ccc(O)c(F)c1)N1CC[C@H](O)[C@](CCCc2ccccc2)(C(=O)O)C1. The number of rotatable bonds is 6. The van der Waals surface area contributed by atoms with Crippen LogP contribution in [0.1, 0.15) is 35.2 Å². The summed E-state index contributed by atoms with van der Waals surface area (Å²) in [6, 6.07) is 13.0. The number of aliphatic hydroxyl groups excluding tert-OH is 1. The highest BCUT2D eigenvalue weighted by molar-refractivity contribution is 5.95. The van der Waals surface area contributed by atoms with Crippen LogP contribution in [-0.4, -0.2) is 51.3 Å². The Balaban J connectivity index is 1.76. The van der Waals surface area contributed by atoms with Crippen molar-refractivity contribution in [2.45, 2.75) is 31.8 Å². The summed E-state index contributed by atoms with van der Waals surface area (Å²) in [5.74, 6) is -3.14. The van der Waals surface area contributed by atoms with Crippen molar-refractivity contribution in [2.75, 3.05) is 13.1 Å². The van der Waals surface area contributed by atoms with Crippen LogP contribution in [0, 0.1) is 11.2 Å². The number of carbonyl (C=O) groups is 2. The number of carboxylic acids is 1. The third kappa shape index (κ3) is 4.40. The quantitative estimate of drug-likeness (QED) is 0.692. The maximum absolute atomic E-state index is 13.6. The third-order valence-corrected chi connectivity index (χ3v) is 5.62. The first-order valence-electron chi connectivity index (χ1n) is 9.57. The van der Waals surface area contributed by atoms with Gasteiger partial charge < -0.3 is 20.2 Å². The molecule has 154 valence electrons. The molecule has 1 heterocycles. The van der Waals surface area contributed by atoms with Gasteiger partial charge in [0.1, 0.15) is 5.41 Å². The Morgan fingerprint density at radius 1 is 1.17 bits per heavy atom. The first-order chi connectivity index (χ1) is 13.8. The molecule has 29 heavy (non-hydrogen) atoms. The molecule has 2 aromatic rings. The molecule has 1 aliphatic rings. The molecule has 6 nitrogen and oxygen atoms in total. The fraction of sp³-hybridized carbons (Fsp3) is 0.364. The number of carbonyl (C=O) groups excluding carboxylic acids is 1. The highest BCUT2D eigenvalue weighted by Gasteiger charge is 2.49. The number of carboxylic acid groups (broad SMARTS) is 1. The smallest absolute Gasteiger partial charge is 0.314 e. The summed E-state index contributed by atoms with van der Waals surface area (Å²) in [6.45, 7) is 0.0236. The summed E-state index contributed by atoms with van der Waals surface area (Å²) in [6.07, 6.45) is 0.482. The van der Waals surface area contributed by atoms with Crippen molar-refractivity contribution in [3.63, 3.8) is 0 Å². The second-order valence-corrected chi connectivity index (χ2v) is 7.50. The van der Waals surface area contributed by atoms with E-state index in [2.05, 4.69) is 0 Å². The molecule has 0 aromatic heterocycles. The van der Waals surface area contributed by atoms with E-state index in [1.807, 2.05) is 30.3 Å². The molecule has 1 fully saturated rings. The fourth-order valence-corrected chi connectivity index (χ4v) is 3.89.